The summed E-state index contributed by atoms with van der Waals surface area (Å²) in [6.07, 6.45) is 1.79. The van der Waals surface area contributed by atoms with Gasteiger partial charge in [-0.15, -0.1) is 11.3 Å². The van der Waals surface area contributed by atoms with Crippen LogP contribution in [0.4, 0.5) is 5.69 Å². The summed E-state index contributed by atoms with van der Waals surface area (Å²) in [4.78, 5) is 12.9. The number of halogens is 1. The minimum atomic E-state index is 0.572. The number of nitrogen functional groups attached to an aromatic ring is 1. The first-order valence-electron chi connectivity index (χ1n) is 5.19. The van der Waals surface area contributed by atoms with Crippen LogP contribution >= 0.6 is 34.7 Å². The molecule has 0 aliphatic heterocycles. The highest BCUT2D eigenvalue weighted by Crippen LogP contribution is 2.27. The fraction of sp³-hybridized carbons (Fsp3) is 0.0909. The molecule has 2 aromatic heterocycles. The molecule has 4 nitrogen and oxygen atoms in total. The lowest BCUT2D eigenvalue weighted by Gasteiger charge is -1.92. The number of benzene rings is 1. The minimum Gasteiger partial charge on any atom is -0.399 e. The van der Waals surface area contributed by atoms with Crippen LogP contribution in [0.3, 0.4) is 0 Å². The van der Waals surface area contributed by atoms with Crippen molar-refractivity contribution in [1.29, 1.82) is 0 Å². The Bertz CT molecular complexity index is 691. The first-order chi connectivity index (χ1) is 8.70. The van der Waals surface area contributed by atoms with E-state index in [-0.39, 0.29) is 0 Å². The summed E-state index contributed by atoms with van der Waals surface area (Å²) in [7, 11) is 0. The second-order valence-corrected chi connectivity index (χ2v) is 6.35. The number of hydrogen-bond donors (Lipinski definition) is 2. The summed E-state index contributed by atoms with van der Waals surface area (Å²) in [6, 6.07) is 5.64. The van der Waals surface area contributed by atoms with Gasteiger partial charge in [-0.05, 0) is 18.2 Å². The van der Waals surface area contributed by atoms with Gasteiger partial charge in [0.1, 0.15) is 0 Å². The zero-order valence-corrected chi connectivity index (χ0v) is 11.6. The van der Waals surface area contributed by atoms with E-state index in [1.165, 1.54) is 11.3 Å². The molecule has 92 valence electrons. The highest BCUT2D eigenvalue weighted by atomic mass is 35.5. The van der Waals surface area contributed by atoms with Gasteiger partial charge < -0.3 is 10.7 Å². The lowest BCUT2D eigenvalue weighted by molar-refractivity contribution is 1.08. The fourth-order valence-corrected chi connectivity index (χ4v) is 3.45. The smallest absolute Gasteiger partial charge is 0.183 e. The third kappa shape index (κ3) is 2.45. The maximum atomic E-state index is 5.78. The van der Waals surface area contributed by atoms with Gasteiger partial charge in [0.25, 0.3) is 0 Å². The molecule has 0 aliphatic carbocycles. The van der Waals surface area contributed by atoms with Crippen LogP contribution in [0.5, 0.6) is 0 Å². The zero-order valence-electron chi connectivity index (χ0n) is 9.18. The Labute approximate surface area is 117 Å². The van der Waals surface area contributed by atoms with Gasteiger partial charge in [0, 0.05) is 22.5 Å². The Morgan fingerprint density at radius 3 is 3.11 bits per heavy atom. The molecule has 7 heteroatoms. The number of fused-ring (bicyclic) bond motifs is 1. The molecule has 0 atom stereocenters. The van der Waals surface area contributed by atoms with Crippen molar-refractivity contribution < 1.29 is 0 Å². The van der Waals surface area contributed by atoms with Crippen molar-refractivity contribution in [3.8, 4) is 0 Å². The number of imidazole rings is 1. The Balaban J connectivity index is 1.78. The number of nitrogens with one attached hydrogen (secondary N) is 1. The van der Waals surface area contributed by atoms with Crippen LogP contribution in [0.15, 0.2) is 29.6 Å². The first kappa shape index (κ1) is 11.8. The summed E-state index contributed by atoms with van der Waals surface area (Å²) < 4.78 is 0.572. The summed E-state index contributed by atoms with van der Waals surface area (Å²) >= 11 is 8.90. The van der Waals surface area contributed by atoms with E-state index in [1.807, 2.05) is 18.2 Å². The Kier molecular flexibility index (Phi) is 3.15. The average Bonchev–Trinajstić information content (AvgIpc) is 2.92. The van der Waals surface area contributed by atoms with Gasteiger partial charge in [-0.3, -0.25) is 0 Å². The monoisotopic (exact) mass is 296 g/mol. The van der Waals surface area contributed by atoms with Crippen LogP contribution in [0.1, 0.15) is 4.88 Å². The third-order valence-corrected chi connectivity index (χ3v) is 4.58. The Hall–Kier alpha value is -1.24. The predicted molar refractivity (Wildman–Crippen MR) is 77.2 cm³/mol. The second kappa shape index (κ2) is 4.79. The minimum absolute atomic E-state index is 0.572. The number of nitrogens with zero attached hydrogens (tertiary/aromatic N) is 2. The predicted octanol–water partition coefficient (Wildman–Crippen LogP) is 3.55. The van der Waals surface area contributed by atoms with Crippen molar-refractivity contribution in [2.75, 3.05) is 5.73 Å². The molecule has 0 aliphatic rings. The fourth-order valence-electron chi connectivity index (χ4n) is 1.56. The summed E-state index contributed by atoms with van der Waals surface area (Å²) in [5.41, 5.74) is 8.34. The lowest BCUT2D eigenvalue weighted by atomic mass is 10.3. The van der Waals surface area contributed by atoms with Crippen LogP contribution in [0, 0.1) is 0 Å². The highest BCUT2D eigenvalue weighted by molar-refractivity contribution is 7.98. The molecule has 3 rings (SSSR count). The SMILES string of the molecule is Nc1ccc2nc(SCc3cnc(Cl)s3)[nH]c2c1. The van der Waals surface area contributed by atoms with Crippen LogP contribution in [0.2, 0.25) is 4.47 Å². The highest BCUT2D eigenvalue weighted by Gasteiger charge is 2.05. The maximum absolute atomic E-state index is 5.78. The van der Waals surface area contributed by atoms with Gasteiger partial charge >= 0.3 is 0 Å². The number of aromatic amines is 1. The van der Waals surface area contributed by atoms with Crippen molar-refractivity contribution in [3.63, 3.8) is 0 Å². The van der Waals surface area contributed by atoms with Gasteiger partial charge in [-0.1, -0.05) is 23.4 Å². The number of thiazole rings is 1. The third-order valence-electron chi connectivity index (χ3n) is 2.36. The van der Waals surface area contributed by atoms with E-state index in [2.05, 4.69) is 15.0 Å². The van der Waals surface area contributed by atoms with Gasteiger partial charge in [0.05, 0.1) is 11.0 Å². The van der Waals surface area contributed by atoms with Crippen LogP contribution in [0.25, 0.3) is 11.0 Å². The first-order valence-corrected chi connectivity index (χ1v) is 7.37. The number of aromatic nitrogens is 3. The molecule has 0 saturated heterocycles. The molecule has 0 radical (unpaired) electrons. The van der Waals surface area contributed by atoms with E-state index in [9.17, 15) is 0 Å². The molecule has 2 heterocycles. The molecule has 0 amide bonds. The number of H-pyrrole nitrogens is 1. The van der Waals surface area contributed by atoms with Gasteiger partial charge in [0.2, 0.25) is 0 Å². The lowest BCUT2D eigenvalue weighted by Crippen LogP contribution is -1.82. The van der Waals surface area contributed by atoms with Gasteiger partial charge in [-0.25, -0.2) is 9.97 Å². The number of rotatable bonds is 3. The largest absolute Gasteiger partial charge is 0.399 e. The molecule has 18 heavy (non-hydrogen) atoms. The van der Waals surface area contributed by atoms with Gasteiger partial charge in [0.15, 0.2) is 9.62 Å². The van der Waals surface area contributed by atoms with Crippen LogP contribution in [-0.2, 0) is 5.75 Å². The van der Waals surface area contributed by atoms with Crippen molar-refractivity contribution >= 4 is 51.4 Å². The molecule has 0 bridgehead atoms. The van der Waals surface area contributed by atoms with E-state index in [1.54, 1.807) is 18.0 Å². The molecule has 0 saturated carbocycles. The summed E-state index contributed by atoms with van der Waals surface area (Å²) in [5, 5.41) is 0.875. The summed E-state index contributed by atoms with van der Waals surface area (Å²) in [5.74, 6) is 0.805. The molecule has 0 spiro atoms. The average molecular weight is 297 g/mol. The number of nitrogens with two attached hydrogens (primary N) is 1. The molecule has 0 unspecified atom stereocenters. The number of hydrogen-bond acceptors (Lipinski definition) is 5. The Morgan fingerprint density at radius 2 is 2.33 bits per heavy atom. The van der Waals surface area contributed by atoms with Crippen molar-refractivity contribution in [2.45, 2.75) is 10.9 Å². The van der Waals surface area contributed by atoms with Crippen molar-refractivity contribution in [2.24, 2.45) is 0 Å². The Morgan fingerprint density at radius 1 is 1.44 bits per heavy atom. The molecular formula is C11H9ClN4S2. The van der Waals surface area contributed by atoms with E-state index in [4.69, 9.17) is 17.3 Å². The maximum Gasteiger partial charge on any atom is 0.183 e. The number of thioether (sulfide) groups is 1. The molecule has 3 N–H and O–H groups in total. The van der Waals surface area contributed by atoms with Crippen molar-refractivity contribution in [3.05, 3.63) is 33.7 Å². The quantitative estimate of drug-likeness (QED) is 0.573. The van der Waals surface area contributed by atoms with Crippen molar-refractivity contribution in [1.82, 2.24) is 15.0 Å². The van der Waals surface area contributed by atoms with Gasteiger partial charge in [-0.2, -0.15) is 0 Å². The molecular weight excluding hydrogens is 288 g/mol. The zero-order chi connectivity index (χ0) is 12.5. The molecule has 3 aromatic rings. The van der Waals surface area contributed by atoms with Crippen LogP contribution in [-0.4, -0.2) is 15.0 Å². The van der Waals surface area contributed by atoms with E-state index in [0.717, 1.165) is 32.5 Å². The van der Waals surface area contributed by atoms with E-state index >= 15 is 0 Å². The topological polar surface area (TPSA) is 67.6 Å². The number of anilines is 1. The van der Waals surface area contributed by atoms with E-state index < -0.39 is 0 Å². The second-order valence-electron chi connectivity index (χ2n) is 3.69. The summed E-state index contributed by atoms with van der Waals surface area (Å²) in [6.45, 7) is 0. The van der Waals surface area contributed by atoms with E-state index in [0.29, 0.717) is 4.47 Å². The standard InChI is InChI=1S/C11H9ClN4S2/c12-10-14-4-7(18-10)5-17-11-15-8-2-1-6(13)3-9(8)16-11/h1-4H,5,13H2,(H,15,16). The normalized spacial score (nSPS) is 11.2. The van der Waals surface area contributed by atoms with Crippen LogP contribution < -0.4 is 5.73 Å². The molecule has 0 fully saturated rings. The molecule has 1 aromatic carbocycles.